The molecule has 2 aliphatic rings. The van der Waals surface area contributed by atoms with E-state index in [0.717, 1.165) is 44.4 Å². The quantitative estimate of drug-likeness (QED) is 0.761. The van der Waals surface area contributed by atoms with Crippen LogP contribution in [-0.2, 0) is 0 Å². The van der Waals surface area contributed by atoms with Crippen LogP contribution in [-0.4, -0.2) is 48.4 Å². The van der Waals surface area contributed by atoms with Crippen molar-refractivity contribution in [1.82, 2.24) is 9.80 Å². The Morgan fingerprint density at radius 1 is 1.04 bits per heavy atom. The van der Waals surface area contributed by atoms with Gasteiger partial charge in [0.15, 0.2) is 5.78 Å². The number of likely N-dealkylation sites (tertiary alicyclic amines) is 1. The highest BCUT2D eigenvalue weighted by Crippen LogP contribution is 2.22. The van der Waals surface area contributed by atoms with E-state index in [2.05, 4.69) is 27.1 Å². The number of piperidine rings is 1. The normalized spacial score (nSPS) is 17.7. The third-order valence-electron chi connectivity index (χ3n) is 5.47. The van der Waals surface area contributed by atoms with Crippen LogP contribution in [0.15, 0.2) is 53.5 Å². The number of hydrogen-bond acceptors (Lipinski definition) is 4. The van der Waals surface area contributed by atoms with Crippen LogP contribution in [0.25, 0.3) is 6.20 Å². The van der Waals surface area contributed by atoms with E-state index in [9.17, 15) is 9.18 Å². The first-order chi connectivity index (χ1) is 13.2. The van der Waals surface area contributed by atoms with E-state index in [1.54, 1.807) is 12.1 Å². The molecule has 2 heterocycles. The number of carbonyl (C=O) groups excluding carboxylic acids is 1. The minimum Gasteiger partial charge on any atom is -0.356 e. The van der Waals surface area contributed by atoms with E-state index in [4.69, 9.17) is 0 Å². The summed E-state index contributed by atoms with van der Waals surface area (Å²) in [5.74, 6) is -0.102. The lowest BCUT2D eigenvalue weighted by atomic mass is 9.89. The average molecular weight is 365 g/mol. The summed E-state index contributed by atoms with van der Waals surface area (Å²) in [7, 11) is 0. The Bertz CT molecular complexity index is 917. The van der Waals surface area contributed by atoms with Gasteiger partial charge in [-0.2, -0.15) is 0 Å². The Hall–Kier alpha value is -2.53. The van der Waals surface area contributed by atoms with Gasteiger partial charge in [-0.3, -0.25) is 9.79 Å². The van der Waals surface area contributed by atoms with Gasteiger partial charge >= 0.3 is 0 Å². The molecule has 0 unspecified atom stereocenters. The largest absolute Gasteiger partial charge is 0.356 e. The van der Waals surface area contributed by atoms with Crippen molar-refractivity contribution < 1.29 is 9.18 Å². The molecule has 1 saturated heterocycles. The smallest absolute Gasteiger partial charge is 0.166 e. The molecule has 2 aromatic rings. The van der Waals surface area contributed by atoms with E-state index in [1.165, 1.54) is 17.4 Å². The van der Waals surface area contributed by atoms with Crippen molar-refractivity contribution in [2.45, 2.75) is 12.8 Å². The molecule has 140 valence electrons. The minimum absolute atomic E-state index is 0.0511. The maximum atomic E-state index is 13.0. The number of carbonyl (C=O) groups is 1. The van der Waals surface area contributed by atoms with E-state index in [-0.39, 0.29) is 17.5 Å². The van der Waals surface area contributed by atoms with Crippen molar-refractivity contribution in [3.8, 4) is 0 Å². The molecule has 0 N–H and O–H groups in total. The number of fused-ring (bicyclic) bond motifs is 1. The molecular weight excluding hydrogens is 341 g/mol. The zero-order chi connectivity index (χ0) is 18.6. The number of hydrogen-bond donors (Lipinski definition) is 0. The summed E-state index contributed by atoms with van der Waals surface area (Å²) >= 11 is 0. The van der Waals surface area contributed by atoms with E-state index in [0.29, 0.717) is 12.2 Å². The molecule has 4 rings (SSSR count). The fourth-order valence-electron chi connectivity index (χ4n) is 3.82. The highest BCUT2D eigenvalue weighted by molar-refractivity contribution is 5.97. The fourth-order valence-corrected chi connectivity index (χ4v) is 3.82. The second kappa shape index (κ2) is 8.01. The average Bonchev–Trinajstić information content (AvgIpc) is 2.72. The van der Waals surface area contributed by atoms with Gasteiger partial charge in [-0.15, -0.1) is 0 Å². The molecule has 4 nitrogen and oxygen atoms in total. The lowest BCUT2D eigenvalue weighted by Crippen LogP contribution is -2.42. The van der Waals surface area contributed by atoms with Crippen LogP contribution in [0.2, 0.25) is 0 Å². The molecule has 0 radical (unpaired) electrons. The number of halogens is 1. The fraction of sp³-hybridized carbons (Fsp3) is 0.364. The van der Waals surface area contributed by atoms with Gasteiger partial charge in [0.2, 0.25) is 0 Å². The van der Waals surface area contributed by atoms with Gasteiger partial charge in [0, 0.05) is 36.0 Å². The number of Topliss-reactive ketones (excluding diaryl/α,β-unsaturated/α-hetero) is 1. The predicted molar refractivity (Wildman–Crippen MR) is 103 cm³/mol. The minimum atomic E-state index is -0.301. The number of ketones is 1. The number of benzene rings is 2. The number of rotatable bonds is 5. The van der Waals surface area contributed by atoms with Crippen molar-refractivity contribution in [2.24, 2.45) is 10.9 Å². The van der Waals surface area contributed by atoms with Crippen LogP contribution < -0.4 is 10.6 Å². The van der Waals surface area contributed by atoms with Crippen molar-refractivity contribution in [1.29, 1.82) is 0 Å². The Morgan fingerprint density at radius 3 is 2.56 bits per heavy atom. The maximum absolute atomic E-state index is 13.0. The first-order valence-electron chi connectivity index (χ1n) is 9.56. The zero-order valence-corrected chi connectivity index (χ0v) is 15.4. The molecule has 27 heavy (non-hydrogen) atoms. The summed E-state index contributed by atoms with van der Waals surface area (Å²) in [6.07, 6.45) is 3.92. The third kappa shape index (κ3) is 4.25. The highest BCUT2D eigenvalue weighted by Gasteiger charge is 2.25. The van der Waals surface area contributed by atoms with Gasteiger partial charge in [0.1, 0.15) is 12.5 Å². The monoisotopic (exact) mass is 365 g/mol. The van der Waals surface area contributed by atoms with Gasteiger partial charge in [-0.25, -0.2) is 4.39 Å². The Kier molecular flexibility index (Phi) is 5.30. The predicted octanol–water partition coefficient (Wildman–Crippen LogP) is 2.05. The maximum Gasteiger partial charge on any atom is 0.166 e. The van der Waals surface area contributed by atoms with Crippen LogP contribution in [0, 0.1) is 11.7 Å². The van der Waals surface area contributed by atoms with Gasteiger partial charge < -0.3 is 9.80 Å². The van der Waals surface area contributed by atoms with E-state index >= 15 is 0 Å². The van der Waals surface area contributed by atoms with Crippen molar-refractivity contribution >= 4 is 12.0 Å². The SMILES string of the molecule is O=C(c1ccc(F)cc1)C1CCN(CCN2C=c3ccccc3=NC2)CC1. The van der Waals surface area contributed by atoms with Crippen LogP contribution >= 0.6 is 0 Å². The zero-order valence-electron chi connectivity index (χ0n) is 15.4. The summed E-state index contributed by atoms with van der Waals surface area (Å²) in [6.45, 7) is 4.48. The topological polar surface area (TPSA) is 35.9 Å². The van der Waals surface area contributed by atoms with Gasteiger partial charge in [-0.1, -0.05) is 18.2 Å². The molecule has 0 aromatic heterocycles. The second-order valence-electron chi connectivity index (χ2n) is 7.29. The van der Waals surface area contributed by atoms with Crippen molar-refractivity contribution in [3.05, 3.63) is 70.5 Å². The summed E-state index contributed by atoms with van der Waals surface area (Å²) < 4.78 is 13.0. The second-order valence-corrected chi connectivity index (χ2v) is 7.29. The molecular formula is C22H24FN3O. The standard InChI is InChI=1S/C22H24FN3O/c23-20-7-5-17(6-8-20)22(27)18-9-11-25(12-10-18)13-14-26-15-19-3-1-2-4-21(19)24-16-26/h1-8,15,18H,9-14,16H2. The molecule has 2 aliphatic heterocycles. The van der Waals surface area contributed by atoms with Crippen LogP contribution in [0.4, 0.5) is 4.39 Å². The van der Waals surface area contributed by atoms with E-state index in [1.807, 2.05) is 18.2 Å². The Labute approximate surface area is 158 Å². The number of para-hydroxylation sites is 1. The molecule has 0 spiro atoms. The van der Waals surface area contributed by atoms with Gasteiger partial charge in [0.25, 0.3) is 0 Å². The summed E-state index contributed by atoms with van der Waals surface area (Å²) in [5, 5.41) is 2.24. The molecule has 2 aromatic carbocycles. The Morgan fingerprint density at radius 2 is 1.78 bits per heavy atom. The molecule has 0 amide bonds. The first-order valence-corrected chi connectivity index (χ1v) is 9.56. The lowest BCUT2D eigenvalue weighted by Gasteiger charge is -2.33. The highest BCUT2D eigenvalue weighted by atomic mass is 19.1. The molecule has 1 fully saturated rings. The summed E-state index contributed by atoms with van der Waals surface area (Å²) in [5.41, 5.74) is 0.623. The van der Waals surface area contributed by atoms with Crippen LogP contribution in [0.3, 0.4) is 0 Å². The van der Waals surface area contributed by atoms with E-state index < -0.39 is 0 Å². The van der Waals surface area contributed by atoms with Crippen LogP contribution in [0.5, 0.6) is 0 Å². The number of nitrogens with zero attached hydrogens (tertiary/aromatic N) is 3. The third-order valence-corrected chi connectivity index (χ3v) is 5.47. The summed E-state index contributed by atoms with van der Waals surface area (Å²) in [4.78, 5) is 21.9. The lowest BCUT2D eigenvalue weighted by molar-refractivity contribution is 0.0836. The molecule has 5 heteroatoms. The molecule has 0 saturated carbocycles. The first kappa shape index (κ1) is 17.9. The van der Waals surface area contributed by atoms with Crippen molar-refractivity contribution in [3.63, 3.8) is 0 Å². The van der Waals surface area contributed by atoms with Gasteiger partial charge in [-0.05, 0) is 56.3 Å². The van der Waals surface area contributed by atoms with Gasteiger partial charge in [0.05, 0.1) is 5.36 Å². The Balaban J connectivity index is 1.27. The molecule has 0 aliphatic carbocycles. The van der Waals surface area contributed by atoms with Crippen LogP contribution in [0.1, 0.15) is 23.2 Å². The van der Waals surface area contributed by atoms with Crippen molar-refractivity contribution in [2.75, 3.05) is 32.8 Å². The molecule has 0 bridgehead atoms. The molecule has 0 atom stereocenters. The summed E-state index contributed by atoms with van der Waals surface area (Å²) in [6, 6.07) is 14.1.